The molecule has 0 aromatic heterocycles. The van der Waals surface area contributed by atoms with Gasteiger partial charge in [0, 0.05) is 11.3 Å². The molecule has 0 bridgehead atoms. The molecule has 112 valence electrons. The number of carbonyl (C=O) groups excluding carboxylic acids is 2. The standard InChI is InChI=1S/C17H16N2O3/c18-16(20)11-5-7-14(8-6-11)19-17(21)13-9-12-3-1-2-4-15(12)22-10-13/h1-8,13H,9-10H2,(H2,18,20)(H,19,21)/t13-/m0/s1. The minimum atomic E-state index is -0.491. The number of amides is 2. The Hall–Kier alpha value is -2.82. The number of hydrogen-bond donors (Lipinski definition) is 2. The third-order valence-corrected chi connectivity index (χ3v) is 3.69. The smallest absolute Gasteiger partial charge is 0.248 e. The second kappa shape index (κ2) is 5.89. The van der Waals surface area contributed by atoms with Crippen LogP contribution in [0, 0.1) is 5.92 Å². The lowest BCUT2D eigenvalue weighted by atomic mass is 9.96. The van der Waals surface area contributed by atoms with Crippen LogP contribution in [0.3, 0.4) is 0 Å². The SMILES string of the molecule is NC(=O)c1ccc(NC(=O)[C@@H]2COc3ccccc3C2)cc1. The summed E-state index contributed by atoms with van der Waals surface area (Å²) in [6.07, 6.45) is 0.654. The summed E-state index contributed by atoms with van der Waals surface area (Å²) in [5.41, 5.74) is 7.27. The maximum atomic E-state index is 12.3. The molecule has 1 heterocycles. The Kier molecular flexibility index (Phi) is 3.78. The zero-order chi connectivity index (χ0) is 15.5. The molecule has 0 unspecified atom stereocenters. The van der Waals surface area contributed by atoms with Gasteiger partial charge < -0.3 is 15.8 Å². The minimum absolute atomic E-state index is 0.0960. The van der Waals surface area contributed by atoms with Crippen LogP contribution in [-0.4, -0.2) is 18.4 Å². The summed E-state index contributed by atoms with van der Waals surface area (Å²) in [5, 5.41) is 2.84. The fourth-order valence-electron chi connectivity index (χ4n) is 2.46. The number of para-hydroxylation sites is 1. The molecule has 0 radical (unpaired) electrons. The van der Waals surface area contributed by atoms with E-state index >= 15 is 0 Å². The van der Waals surface area contributed by atoms with Gasteiger partial charge in [0.25, 0.3) is 0 Å². The first-order valence-electron chi connectivity index (χ1n) is 7.05. The molecular formula is C17H16N2O3. The van der Waals surface area contributed by atoms with Gasteiger partial charge in [-0.3, -0.25) is 9.59 Å². The van der Waals surface area contributed by atoms with Gasteiger partial charge in [0.05, 0.1) is 5.92 Å². The van der Waals surface area contributed by atoms with Gasteiger partial charge in [-0.15, -0.1) is 0 Å². The van der Waals surface area contributed by atoms with Crippen LogP contribution in [0.15, 0.2) is 48.5 Å². The number of anilines is 1. The zero-order valence-corrected chi connectivity index (χ0v) is 11.9. The van der Waals surface area contributed by atoms with Crippen LogP contribution in [-0.2, 0) is 11.2 Å². The first-order chi connectivity index (χ1) is 10.6. The van der Waals surface area contributed by atoms with Crippen molar-refractivity contribution in [3.63, 3.8) is 0 Å². The van der Waals surface area contributed by atoms with Crippen molar-refractivity contribution in [2.24, 2.45) is 11.7 Å². The van der Waals surface area contributed by atoms with Crippen LogP contribution < -0.4 is 15.8 Å². The Morgan fingerprint density at radius 2 is 1.82 bits per heavy atom. The number of hydrogen-bond acceptors (Lipinski definition) is 3. The summed E-state index contributed by atoms with van der Waals surface area (Å²) in [5.74, 6) is 0.0274. The lowest BCUT2D eigenvalue weighted by Gasteiger charge is -2.24. The van der Waals surface area contributed by atoms with E-state index in [4.69, 9.17) is 10.5 Å². The highest BCUT2D eigenvalue weighted by molar-refractivity contribution is 5.95. The lowest BCUT2D eigenvalue weighted by molar-refractivity contribution is -0.121. The van der Waals surface area contributed by atoms with Crippen LogP contribution in [0.1, 0.15) is 15.9 Å². The number of primary amides is 1. The average molecular weight is 296 g/mol. The van der Waals surface area contributed by atoms with Crippen molar-refractivity contribution in [1.82, 2.24) is 0 Å². The summed E-state index contributed by atoms with van der Waals surface area (Å²) < 4.78 is 5.62. The summed E-state index contributed by atoms with van der Waals surface area (Å²) in [6.45, 7) is 0.363. The van der Waals surface area contributed by atoms with Crippen molar-refractivity contribution in [3.05, 3.63) is 59.7 Å². The molecule has 2 aromatic carbocycles. The first kappa shape index (κ1) is 14.1. The summed E-state index contributed by atoms with van der Waals surface area (Å²) in [6, 6.07) is 14.2. The molecule has 1 aliphatic rings. The van der Waals surface area contributed by atoms with E-state index in [1.165, 1.54) is 0 Å². The normalized spacial score (nSPS) is 16.3. The highest BCUT2D eigenvalue weighted by atomic mass is 16.5. The molecule has 0 saturated heterocycles. The predicted octanol–water partition coefficient (Wildman–Crippen LogP) is 1.98. The molecule has 5 nitrogen and oxygen atoms in total. The third-order valence-electron chi connectivity index (χ3n) is 3.69. The molecule has 0 aliphatic carbocycles. The van der Waals surface area contributed by atoms with Gasteiger partial charge in [0.2, 0.25) is 11.8 Å². The Morgan fingerprint density at radius 3 is 2.55 bits per heavy atom. The lowest BCUT2D eigenvalue weighted by Crippen LogP contribution is -2.32. The van der Waals surface area contributed by atoms with Crippen molar-refractivity contribution in [2.75, 3.05) is 11.9 Å². The fraction of sp³-hybridized carbons (Fsp3) is 0.176. The van der Waals surface area contributed by atoms with Crippen molar-refractivity contribution in [1.29, 1.82) is 0 Å². The first-order valence-corrected chi connectivity index (χ1v) is 7.05. The topological polar surface area (TPSA) is 81.4 Å². The van der Waals surface area contributed by atoms with Gasteiger partial charge >= 0.3 is 0 Å². The van der Waals surface area contributed by atoms with E-state index in [0.717, 1.165) is 11.3 Å². The number of ether oxygens (including phenoxy) is 1. The Morgan fingerprint density at radius 1 is 1.09 bits per heavy atom. The van der Waals surface area contributed by atoms with Crippen LogP contribution >= 0.6 is 0 Å². The molecule has 3 N–H and O–H groups in total. The average Bonchev–Trinajstić information content (AvgIpc) is 2.55. The van der Waals surface area contributed by atoms with Crippen molar-refractivity contribution in [2.45, 2.75) is 6.42 Å². The second-order valence-electron chi connectivity index (χ2n) is 5.25. The highest BCUT2D eigenvalue weighted by Gasteiger charge is 2.25. The predicted molar refractivity (Wildman–Crippen MR) is 82.7 cm³/mol. The summed E-state index contributed by atoms with van der Waals surface area (Å²) in [7, 11) is 0. The molecule has 3 rings (SSSR count). The van der Waals surface area contributed by atoms with Gasteiger partial charge in [0.15, 0.2) is 0 Å². The van der Waals surface area contributed by atoms with E-state index < -0.39 is 5.91 Å². The molecular weight excluding hydrogens is 280 g/mol. The molecule has 2 aromatic rings. The van der Waals surface area contributed by atoms with E-state index in [9.17, 15) is 9.59 Å². The Balaban J connectivity index is 1.66. The minimum Gasteiger partial charge on any atom is -0.492 e. The maximum absolute atomic E-state index is 12.3. The number of rotatable bonds is 3. The van der Waals surface area contributed by atoms with Gasteiger partial charge in [0.1, 0.15) is 12.4 Å². The van der Waals surface area contributed by atoms with Crippen molar-refractivity contribution >= 4 is 17.5 Å². The largest absolute Gasteiger partial charge is 0.492 e. The summed E-state index contributed by atoms with van der Waals surface area (Å²) in [4.78, 5) is 23.3. The molecule has 1 aliphatic heterocycles. The van der Waals surface area contributed by atoms with E-state index in [0.29, 0.717) is 24.3 Å². The molecule has 0 spiro atoms. The second-order valence-corrected chi connectivity index (χ2v) is 5.25. The third kappa shape index (κ3) is 2.93. The Labute approximate surface area is 128 Å². The van der Waals surface area contributed by atoms with Crippen LogP contribution in [0.5, 0.6) is 5.75 Å². The van der Waals surface area contributed by atoms with E-state index in [-0.39, 0.29) is 11.8 Å². The molecule has 0 saturated carbocycles. The Bertz CT molecular complexity index is 710. The van der Waals surface area contributed by atoms with Gasteiger partial charge in [-0.25, -0.2) is 0 Å². The zero-order valence-electron chi connectivity index (χ0n) is 11.9. The highest BCUT2D eigenvalue weighted by Crippen LogP contribution is 2.27. The number of nitrogens with one attached hydrogen (secondary N) is 1. The van der Waals surface area contributed by atoms with E-state index in [2.05, 4.69) is 5.32 Å². The molecule has 0 fully saturated rings. The fourth-order valence-corrected chi connectivity index (χ4v) is 2.46. The van der Waals surface area contributed by atoms with Crippen LogP contribution in [0.25, 0.3) is 0 Å². The molecule has 5 heteroatoms. The van der Waals surface area contributed by atoms with Crippen molar-refractivity contribution < 1.29 is 14.3 Å². The van der Waals surface area contributed by atoms with Gasteiger partial charge in [-0.2, -0.15) is 0 Å². The van der Waals surface area contributed by atoms with Gasteiger partial charge in [-0.05, 0) is 42.3 Å². The maximum Gasteiger partial charge on any atom is 0.248 e. The monoisotopic (exact) mass is 296 g/mol. The summed E-state index contributed by atoms with van der Waals surface area (Å²) >= 11 is 0. The van der Waals surface area contributed by atoms with Crippen LogP contribution in [0.2, 0.25) is 0 Å². The molecule has 1 atom stereocenters. The van der Waals surface area contributed by atoms with Crippen LogP contribution in [0.4, 0.5) is 5.69 Å². The quantitative estimate of drug-likeness (QED) is 0.908. The van der Waals surface area contributed by atoms with E-state index in [1.54, 1.807) is 24.3 Å². The number of benzene rings is 2. The van der Waals surface area contributed by atoms with Gasteiger partial charge in [-0.1, -0.05) is 18.2 Å². The number of fused-ring (bicyclic) bond motifs is 1. The molecule has 22 heavy (non-hydrogen) atoms. The van der Waals surface area contributed by atoms with Crippen molar-refractivity contribution in [3.8, 4) is 5.75 Å². The van der Waals surface area contributed by atoms with E-state index in [1.807, 2.05) is 24.3 Å². The number of nitrogens with two attached hydrogens (primary N) is 1. The number of carbonyl (C=O) groups is 2. The molecule has 2 amide bonds.